The zero-order chi connectivity index (χ0) is 14.2. The van der Waals surface area contributed by atoms with Crippen molar-refractivity contribution in [3.8, 4) is 11.8 Å². The van der Waals surface area contributed by atoms with Gasteiger partial charge in [-0.1, -0.05) is 36.8 Å². The SMILES string of the molecule is OCC#Cc1cccc(CN2CCCCCC2CO)c1. The molecular weight excluding hydrogens is 250 g/mol. The van der Waals surface area contributed by atoms with E-state index in [1.165, 1.54) is 24.8 Å². The van der Waals surface area contributed by atoms with E-state index in [0.717, 1.165) is 25.1 Å². The van der Waals surface area contributed by atoms with Crippen LogP contribution in [-0.2, 0) is 6.54 Å². The van der Waals surface area contributed by atoms with Crippen LogP contribution in [0.15, 0.2) is 24.3 Å². The highest BCUT2D eigenvalue weighted by Gasteiger charge is 2.20. The molecule has 0 bridgehead atoms. The summed E-state index contributed by atoms with van der Waals surface area (Å²) >= 11 is 0. The molecule has 108 valence electrons. The smallest absolute Gasteiger partial charge is 0.104 e. The summed E-state index contributed by atoms with van der Waals surface area (Å²) in [6.07, 6.45) is 4.76. The van der Waals surface area contributed by atoms with Gasteiger partial charge in [0.05, 0.1) is 6.61 Å². The Kier molecular flexibility index (Phi) is 6.07. The van der Waals surface area contributed by atoms with Crippen molar-refractivity contribution in [2.24, 2.45) is 0 Å². The number of hydrogen-bond acceptors (Lipinski definition) is 3. The van der Waals surface area contributed by atoms with Gasteiger partial charge in [-0.2, -0.15) is 0 Å². The molecule has 1 aromatic carbocycles. The molecule has 2 N–H and O–H groups in total. The van der Waals surface area contributed by atoms with Crippen molar-refractivity contribution in [3.63, 3.8) is 0 Å². The maximum atomic E-state index is 9.54. The van der Waals surface area contributed by atoms with Crippen molar-refractivity contribution in [2.75, 3.05) is 19.8 Å². The van der Waals surface area contributed by atoms with Crippen LogP contribution in [0.25, 0.3) is 0 Å². The molecule has 1 aliphatic rings. The molecule has 0 radical (unpaired) electrons. The summed E-state index contributed by atoms with van der Waals surface area (Å²) in [5.74, 6) is 5.62. The lowest BCUT2D eigenvalue weighted by Gasteiger charge is -2.28. The molecule has 0 spiro atoms. The lowest BCUT2D eigenvalue weighted by atomic mass is 10.1. The van der Waals surface area contributed by atoms with Crippen LogP contribution >= 0.6 is 0 Å². The normalized spacial score (nSPS) is 20.0. The highest BCUT2D eigenvalue weighted by molar-refractivity contribution is 5.37. The van der Waals surface area contributed by atoms with Crippen LogP contribution in [0.2, 0.25) is 0 Å². The van der Waals surface area contributed by atoms with E-state index in [2.05, 4.69) is 28.9 Å². The van der Waals surface area contributed by atoms with E-state index in [1.54, 1.807) is 0 Å². The fourth-order valence-electron chi connectivity index (χ4n) is 2.78. The van der Waals surface area contributed by atoms with E-state index in [1.807, 2.05) is 12.1 Å². The minimum atomic E-state index is -0.108. The predicted octanol–water partition coefficient (Wildman–Crippen LogP) is 1.77. The maximum absolute atomic E-state index is 9.54. The Morgan fingerprint density at radius 2 is 2.10 bits per heavy atom. The van der Waals surface area contributed by atoms with Crippen LogP contribution in [0.1, 0.15) is 36.8 Å². The number of likely N-dealkylation sites (tertiary alicyclic amines) is 1. The number of aliphatic hydroxyl groups is 2. The summed E-state index contributed by atoms with van der Waals surface area (Å²) in [5, 5.41) is 18.3. The molecule has 3 heteroatoms. The predicted molar refractivity (Wildman–Crippen MR) is 80.2 cm³/mol. The maximum Gasteiger partial charge on any atom is 0.104 e. The van der Waals surface area contributed by atoms with Crippen LogP contribution in [0.5, 0.6) is 0 Å². The molecule has 2 rings (SSSR count). The van der Waals surface area contributed by atoms with E-state index < -0.39 is 0 Å². The molecule has 1 atom stereocenters. The van der Waals surface area contributed by atoms with Gasteiger partial charge >= 0.3 is 0 Å². The number of benzene rings is 1. The number of aliphatic hydroxyl groups excluding tert-OH is 2. The number of rotatable bonds is 3. The summed E-state index contributed by atoms with van der Waals surface area (Å²) in [4.78, 5) is 2.38. The van der Waals surface area contributed by atoms with Gasteiger partial charge in [0.1, 0.15) is 6.61 Å². The van der Waals surface area contributed by atoms with E-state index in [0.29, 0.717) is 0 Å². The molecule has 1 aliphatic heterocycles. The van der Waals surface area contributed by atoms with E-state index >= 15 is 0 Å². The zero-order valence-corrected chi connectivity index (χ0v) is 11.9. The second kappa shape index (κ2) is 8.06. The van der Waals surface area contributed by atoms with Crippen LogP contribution in [0.3, 0.4) is 0 Å². The van der Waals surface area contributed by atoms with Gasteiger partial charge in [0.25, 0.3) is 0 Å². The topological polar surface area (TPSA) is 43.7 Å². The molecule has 0 aromatic heterocycles. The lowest BCUT2D eigenvalue weighted by Crippen LogP contribution is -2.36. The monoisotopic (exact) mass is 273 g/mol. The minimum Gasteiger partial charge on any atom is -0.395 e. The van der Waals surface area contributed by atoms with E-state index in [9.17, 15) is 5.11 Å². The third-order valence-corrected chi connectivity index (χ3v) is 3.83. The highest BCUT2D eigenvalue weighted by Crippen LogP contribution is 2.19. The second-order valence-corrected chi connectivity index (χ2v) is 5.32. The Hall–Kier alpha value is -1.34. The molecule has 1 heterocycles. The van der Waals surface area contributed by atoms with Crippen molar-refractivity contribution in [1.82, 2.24) is 4.90 Å². The van der Waals surface area contributed by atoms with Gasteiger partial charge in [-0.3, -0.25) is 4.90 Å². The molecule has 0 saturated carbocycles. The summed E-state index contributed by atoms with van der Waals surface area (Å²) in [5.41, 5.74) is 2.15. The second-order valence-electron chi connectivity index (χ2n) is 5.32. The first-order valence-corrected chi connectivity index (χ1v) is 7.37. The fraction of sp³-hybridized carbons (Fsp3) is 0.529. The largest absolute Gasteiger partial charge is 0.395 e. The molecule has 20 heavy (non-hydrogen) atoms. The summed E-state index contributed by atoms with van der Waals surface area (Å²) in [6, 6.07) is 8.41. The Balaban J connectivity index is 2.07. The summed E-state index contributed by atoms with van der Waals surface area (Å²) in [6.45, 7) is 2.05. The van der Waals surface area contributed by atoms with Crippen molar-refractivity contribution >= 4 is 0 Å². The van der Waals surface area contributed by atoms with Crippen molar-refractivity contribution in [1.29, 1.82) is 0 Å². The zero-order valence-electron chi connectivity index (χ0n) is 11.9. The molecule has 1 unspecified atom stereocenters. The minimum absolute atomic E-state index is 0.108. The first kappa shape index (κ1) is 15.1. The van der Waals surface area contributed by atoms with Crippen molar-refractivity contribution in [3.05, 3.63) is 35.4 Å². The Morgan fingerprint density at radius 1 is 1.20 bits per heavy atom. The number of nitrogens with zero attached hydrogens (tertiary/aromatic N) is 1. The fourth-order valence-corrected chi connectivity index (χ4v) is 2.78. The Labute approximate surface area is 121 Å². The van der Waals surface area contributed by atoms with E-state index in [4.69, 9.17) is 5.11 Å². The Bertz CT molecular complexity index is 475. The van der Waals surface area contributed by atoms with Gasteiger partial charge < -0.3 is 10.2 Å². The van der Waals surface area contributed by atoms with Crippen LogP contribution in [-0.4, -0.2) is 40.9 Å². The first-order valence-electron chi connectivity index (χ1n) is 7.37. The van der Waals surface area contributed by atoms with Gasteiger partial charge in [0, 0.05) is 18.2 Å². The quantitative estimate of drug-likeness (QED) is 0.825. The summed E-state index contributed by atoms with van der Waals surface area (Å²) in [7, 11) is 0. The Morgan fingerprint density at radius 3 is 2.90 bits per heavy atom. The van der Waals surface area contributed by atoms with Crippen LogP contribution in [0, 0.1) is 11.8 Å². The molecule has 3 nitrogen and oxygen atoms in total. The average molecular weight is 273 g/mol. The standard InChI is InChI=1S/C17H23NO2/c19-11-5-8-15-6-4-7-16(12-15)13-18-10-3-1-2-9-17(18)14-20/h4,6-7,12,17,19-20H,1-3,9-11,13-14H2. The van der Waals surface area contributed by atoms with Crippen molar-refractivity contribution in [2.45, 2.75) is 38.3 Å². The molecular formula is C17H23NO2. The van der Waals surface area contributed by atoms with E-state index in [-0.39, 0.29) is 19.3 Å². The van der Waals surface area contributed by atoms with Crippen LogP contribution < -0.4 is 0 Å². The first-order chi connectivity index (χ1) is 9.83. The third kappa shape index (κ3) is 4.35. The van der Waals surface area contributed by atoms with Crippen LogP contribution in [0.4, 0.5) is 0 Å². The van der Waals surface area contributed by atoms with Gasteiger partial charge in [-0.15, -0.1) is 0 Å². The van der Waals surface area contributed by atoms with Gasteiger partial charge in [0.2, 0.25) is 0 Å². The van der Waals surface area contributed by atoms with Gasteiger partial charge in [-0.05, 0) is 37.1 Å². The molecule has 0 aliphatic carbocycles. The highest BCUT2D eigenvalue weighted by atomic mass is 16.3. The lowest BCUT2D eigenvalue weighted by molar-refractivity contribution is 0.118. The molecule has 1 fully saturated rings. The summed E-state index contributed by atoms with van der Waals surface area (Å²) < 4.78 is 0. The van der Waals surface area contributed by atoms with Crippen molar-refractivity contribution < 1.29 is 10.2 Å². The third-order valence-electron chi connectivity index (χ3n) is 3.83. The average Bonchev–Trinajstić information content (AvgIpc) is 2.70. The van der Waals surface area contributed by atoms with Gasteiger partial charge in [0.15, 0.2) is 0 Å². The molecule has 1 saturated heterocycles. The molecule has 0 amide bonds. The molecule has 1 aromatic rings. The number of hydrogen-bond donors (Lipinski definition) is 2. The van der Waals surface area contributed by atoms with Gasteiger partial charge in [-0.25, -0.2) is 0 Å².